The number of rotatable bonds is 10. The molecule has 0 spiro atoms. The second kappa shape index (κ2) is 9.76. The minimum atomic E-state index is -0.639. The van der Waals surface area contributed by atoms with E-state index in [1.165, 1.54) is 44.2 Å². The third-order valence-corrected chi connectivity index (χ3v) is 3.43. The molecule has 20 heavy (non-hydrogen) atoms. The second-order valence-electron chi connectivity index (χ2n) is 5.33. The molecule has 0 saturated heterocycles. The molecule has 0 aliphatic rings. The Bertz CT molecular complexity index is 377. The summed E-state index contributed by atoms with van der Waals surface area (Å²) in [5.74, 6) is 0.134. The van der Waals surface area contributed by atoms with Crippen molar-refractivity contribution in [1.82, 2.24) is 0 Å². The Morgan fingerprint density at radius 3 is 2.40 bits per heavy atom. The second-order valence-corrected chi connectivity index (χ2v) is 5.33. The van der Waals surface area contributed by atoms with E-state index in [9.17, 15) is 9.50 Å². The predicted octanol–water partition coefficient (Wildman–Crippen LogP) is 5.01. The summed E-state index contributed by atoms with van der Waals surface area (Å²) in [6, 6.07) is 4.28. The van der Waals surface area contributed by atoms with Gasteiger partial charge in [0.1, 0.15) is 11.6 Å². The molecule has 0 aliphatic carbocycles. The quantitative estimate of drug-likeness (QED) is 0.611. The van der Waals surface area contributed by atoms with Crippen LogP contribution in [0, 0.1) is 5.82 Å². The molecular formula is C17H27FO2. The third-order valence-electron chi connectivity index (χ3n) is 3.43. The summed E-state index contributed by atoms with van der Waals surface area (Å²) in [6.07, 6.45) is 7.89. The molecule has 0 bridgehead atoms. The summed E-state index contributed by atoms with van der Waals surface area (Å²) in [5, 5.41) is 9.62. The van der Waals surface area contributed by atoms with Crippen LogP contribution in [0.25, 0.3) is 0 Å². The summed E-state index contributed by atoms with van der Waals surface area (Å²) in [5.41, 5.74) is 0.648. The summed E-state index contributed by atoms with van der Waals surface area (Å²) in [4.78, 5) is 0. The van der Waals surface area contributed by atoms with Crippen molar-refractivity contribution in [2.45, 2.75) is 64.9 Å². The number of hydrogen-bond donors (Lipinski definition) is 1. The highest BCUT2D eigenvalue weighted by atomic mass is 19.1. The molecule has 1 aromatic rings. The highest BCUT2D eigenvalue weighted by Gasteiger charge is 2.10. The largest absolute Gasteiger partial charge is 0.493 e. The average Bonchev–Trinajstić information content (AvgIpc) is 2.41. The molecule has 0 heterocycles. The SMILES string of the molecule is CCCCCCCCCOc1cc(F)ccc1[C@@H](C)O. The van der Waals surface area contributed by atoms with Gasteiger partial charge in [-0.2, -0.15) is 0 Å². The molecule has 0 fully saturated rings. The zero-order valence-corrected chi connectivity index (χ0v) is 12.7. The molecule has 1 atom stereocenters. The van der Waals surface area contributed by atoms with Crippen molar-refractivity contribution >= 4 is 0 Å². The van der Waals surface area contributed by atoms with Crippen LogP contribution in [0.15, 0.2) is 18.2 Å². The number of halogens is 1. The van der Waals surface area contributed by atoms with Crippen molar-refractivity contribution < 1.29 is 14.2 Å². The molecule has 1 N–H and O–H groups in total. The maximum atomic E-state index is 13.2. The molecule has 0 saturated carbocycles. The van der Waals surface area contributed by atoms with E-state index in [2.05, 4.69) is 6.92 Å². The fourth-order valence-corrected chi connectivity index (χ4v) is 2.22. The van der Waals surface area contributed by atoms with Crippen LogP contribution in [-0.2, 0) is 0 Å². The first-order valence-electron chi connectivity index (χ1n) is 7.75. The molecule has 0 unspecified atom stereocenters. The van der Waals surface area contributed by atoms with Gasteiger partial charge in [-0.25, -0.2) is 4.39 Å². The molecule has 0 amide bonds. The van der Waals surface area contributed by atoms with Crippen LogP contribution < -0.4 is 4.74 Å². The van der Waals surface area contributed by atoms with Crippen molar-refractivity contribution in [2.75, 3.05) is 6.61 Å². The van der Waals surface area contributed by atoms with Crippen LogP contribution in [0.5, 0.6) is 5.75 Å². The fraction of sp³-hybridized carbons (Fsp3) is 0.647. The Morgan fingerprint density at radius 2 is 1.75 bits per heavy atom. The van der Waals surface area contributed by atoms with Crippen LogP contribution in [0.2, 0.25) is 0 Å². The maximum Gasteiger partial charge on any atom is 0.127 e. The number of aliphatic hydroxyl groups is 1. The predicted molar refractivity (Wildman–Crippen MR) is 80.5 cm³/mol. The van der Waals surface area contributed by atoms with Crippen LogP contribution in [0.3, 0.4) is 0 Å². The van der Waals surface area contributed by atoms with Gasteiger partial charge in [0.05, 0.1) is 12.7 Å². The molecule has 3 heteroatoms. The molecule has 114 valence electrons. The van der Waals surface area contributed by atoms with E-state index in [0.717, 1.165) is 12.8 Å². The monoisotopic (exact) mass is 282 g/mol. The topological polar surface area (TPSA) is 29.5 Å². The smallest absolute Gasteiger partial charge is 0.127 e. The van der Waals surface area contributed by atoms with Gasteiger partial charge < -0.3 is 9.84 Å². The van der Waals surface area contributed by atoms with Crippen molar-refractivity contribution in [3.63, 3.8) is 0 Å². The van der Waals surface area contributed by atoms with Gasteiger partial charge in [-0.1, -0.05) is 45.4 Å². The Morgan fingerprint density at radius 1 is 1.10 bits per heavy atom. The molecular weight excluding hydrogens is 255 g/mol. The van der Waals surface area contributed by atoms with E-state index in [1.54, 1.807) is 13.0 Å². The summed E-state index contributed by atoms with van der Waals surface area (Å²) in [6.45, 7) is 4.46. The number of benzene rings is 1. The number of hydrogen-bond acceptors (Lipinski definition) is 2. The van der Waals surface area contributed by atoms with Gasteiger partial charge in [0.2, 0.25) is 0 Å². The zero-order chi connectivity index (χ0) is 14.8. The van der Waals surface area contributed by atoms with Crippen molar-refractivity contribution in [1.29, 1.82) is 0 Å². The number of unbranched alkanes of at least 4 members (excludes halogenated alkanes) is 6. The minimum Gasteiger partial charge on any atom is -0.493 e. The lowest BCUT2D eigenvalue weighted by Gasteiger charge is -2.13. The van der Waals surface area contributed by atoms with E-state index < -0.39 is 6.10 Å². The fourth-order valence-electron chi connectivity index (χ4n) is 2.22. The van der Waals surface area contributed by atoms with Crippen LogP contribution in [0.4, 0.5) is 4.39 Å². The minimum absolute atomic E-state index is 0.330. The van der Waals surface area contributed by atoms with Gasteiger partial charge in [0.15, 0.2) is 0 Å². The number of ether oxygens (including phenoxy) is 1. The van der Waals surface area contributed by atoms with E-state index in [1.807, 2.05) is 0 Å². The Balaban J connectivity index is 2.26. The Kier molecular flexibility index (Phi) is 8.28. The summed E-state index contributed by atoms with van der Waals surface area (Å²) >= 11 is 0. The van der Waals surface area contributed by atoms with E-state index in [4.69, 9.17) is 4.74 Å². The zero-order valence-electron chi connectivity index (χ0n) is 12.7. The normalized spacial score (nSPS) is 12.4. The first-order chi connectivity index (χ1) is 9.65. The Hall–Kier alpha value is -1.09. The van der Waals surface area contributed by atoms with Crippen LogP contribution >= 0.6 is 0 Å². The van der Waals surface area contributed by atoms with Crippen LogP contribution in [0.1, 0.15) is 70.5 Å². The van der Waals surface area contributed by atoms with Gasteiger partial charge in [0, 0.05) is 11.6 Å². The molecule has 0 radical (unpaired) electrons. The lowest BCUT2D eigenvalue weighted by atomic mass is 10.1. The summed E-state index contributed by atoms with van der Waals surface area (Å²) < 4.78 is 18.8. The number of aliphatic hydroxyl groups excluding tert-OH is 1. The van der Waals surface area contributed by atoms with Crippen molar-refractivity contribution in [3.05, 3.63) is 29.6 Å². The van der Waals surface area contributed by atoms with Gasteiger partial charge >= 0.3 is 0 Å². The molecule has 1 aromatic carbocycles. The standard InChI is InChI=1S/C17H27FO2/c1-3-4-5-6-7-8-9-12-20-17-13-15(18)10-11-16(17)14(2)19/h10-11,13-14,19H,3-9,12H2,1-2H3/t14-/m1/s1. The first kappa shape index (κ1) is 17.0. The van der Waals surface area contributed by atoms with Crippen LogP contribution in [-0.4, -0.2) is 11.7 Å². The van der Waals surface area contributed by atoms with Gasteiger partial charge in [-0.15, -0.1) is 0 Å². The van der Waals surface area contributed by atoms with Gasteiger partial charge in [-0.3, -0.25) is 0 Å². The van der Waals surface area contributed by atoms with Crippen molar-refractivity contribution in [2.24, 2.45) is 0 Å². The molecule has 1 rings (SSSR count). The molecule has 0 aromatic heterocycles. The van der Waals surface area contributed by atoms with Crippen molar-refractivity contribution in [3.8, 4) is 5.75 Å². The lowest BCUT2D eigenvalue weighted by molar-refractivity contribution is 0.190. The summed E-state index contributed by atoms with van der Waals surface area (Å²) in [7, 11) is 0. The third kappa shape index (κ3) is 6.38. The van der Waals surface area contributed by atoms with Gasteiger partial charge in [0.25, 0.3) is 0 Å². The Labute approximate surface area is 122 Å². The van der Waals surface area contributed by atoms with E-state index in [0.29, 0.717) is 17.9 Å². The lowest BCUT2D eigenvalue weighted by Crippen LogP contribution is -2.03. The average molecular weight is 282 g/mol. The highest BCUT2D eigenvalue weighted by molar-refractivity contribution is 5.35. The first-order valence-corrected chi connectivity index (χ1v) is 7.75. The molecule has 0 aliphatic heterocycles. The van der Waals surface area contributed by atoms with E-state index >= 15 is 0 Å². The maximum absolute atomic E-state index is 13.2. The van der Waals surface area contributed by atoms with Gasteiger partial charge in [-0.05, 0) is 25.5 Å². The molecule has 2 nitrogen and oxygen atoms in total. The van der Waals surface area contributed by atoms with E-state index in [-0.39, 0.29) is 5.82 Å². The highest BCUT2D eigenvalue weighted by Crippen LogP contribution is 2.26.